The summed E-state index contributed by atoms with van der Waals surface area (Å²) in [7, 11) is 0. The van der Waals surface area contributed by atoms with Crippen LogP contribution in [0.5, 0.6) is 5.75 Å². The Labute approximate surface area is 231 Å². The van der Waals surface area contributed by atoms with Gasteiger partial charge >= 0.3 is 6.09 Å². The van der Waals surface area contributed by atoms with Gasteiger partial charge in [0.1, 0.15) is 23.4 Å². The SMILES string of the molecule is CCC(C)(C)N(C(=O)C(CS)NC(=O)OC(C)(C)C)C(C(=O)Nc1c(C)cccc1C)c1ccc(O)cc1. The highest BCUT2D eigenvalue weighted by molar-refractivity contribution is 7.80. The third-order valence-corrected chi connectivity index (χ3v) is 6.74. The molecule has 0 spiro atoms. The van der Waals surface area contributed by atoms with Gasteiger partial charge in [-0.05, 0) is 83.7 Å². The number of aryl methyl sites for hydroxylation is 2. The second-order valence-corrected chi connectivity index (χ2v) is 11.4. The zero-order valence-electron chi connectivity index (χ0n) is 23.6. The maximum atomic E-state index is 14.1. The van der Waals surface area contributed by atoms with Crippen LogP contribution in [0.4, 0.5) is 10.5 Å². The Morgan fingerprint density at radius 1 is 1.00 bits per heavy atom. The summed E-state index contributed by atoms with van der Waals surface area (Å²) in [4.78, 5) is 42.2. The van der Waals surface area contributed by atoms with Crippen LogP contribution in [-0.4, -0.2) is 50.8 Å². The normalized spacial score (nSPS) is 13.3. The van der Waals surface area contributed by atoms with E-state index in [1.807, 2.05) is 52.8 Å². The van der Waals surface area contributed by atoms with Crippen molar-refractivity contribution in [2.75, 3.05) is 11.1 Å². The van der Waals surface area contributed by atoms with Crippen LogP contribution in [0.1, 0.15) is 70.7 Å². The number of carbonyl (C=O) groups excluding carboxylic acids is 3. The summed E-state index contributed by atoms with van der Waals surface area (Å²) in [5.41, 5.74) is 1.40. The highest BCUT2D eigenvalue weighted by Crippen LogP contribution is 2.34. The van der Waals surface area contributed by atoms with E-state index in [1.54, 1.807) is 32.9 Å². The summed E-state index contributed by atoms with van der Waals surface area (Å²) in [6.07, 6.45) is -0.226. The van der Waals surface area contributed by atoms with E-state index >= 15 is 0 Å². The first-order valence-corrected chi connectivity index (χ1v) is 13.3. The van der Waals surface area contributed by atoms with Gasteiger partial charge in [0.2, 0.25) is 5.91 Å². The first kappa shape index (κ1) is 31.0. The fourth-order valence-corrected chi connectivity index (χ4v) is 4.27. The molecule has 0 fully saturated rings. The molecule has 2 atom stereocenters. The second-order valence-electron chi connectivity index (χ2n) is 11.0. The van der Waals surface area contributed by atoms with Gasteiger partial charge in [0, 0.05) is 17.0 Å². The molecule has 0 bridgehead atoms. The largest absolute Gasteiger partial charge is 0.508 e. The first-order valence-electron chi connectivity index (χ1n) is 12.7. The van der Waals surface area contributed by atoms with E-state index in [4.69, 9.17) is 4.74 Å². The second kappa shape index (κ2) is 12.6. The van der Waals surface area contributed by atoms with Crippen molar-refractivity contribution >= 4 is 36.2 Å². The van der Waals surface area contributed by atoms with Crippen molar-refractivity contribution < 1.29 is 24.2 Å². The minimum absolute atomic E-state index is 0.00477. The van der Waals surface area contributed by atoms with E-state index in [2.05, 4.69) is 23.3 Å². The summed E-state index contributed by atoms with van der Waals surface area (Å²) in [5, 5.41) is 15.6. The molecule has 0 aliphatic carbocycles. The van der Waals surface area contributed by atoms with Crippen molar-refractivity contribution in [3.05, 3.63) is 59.2 Å². The van der Waals surface area contributed by atoms with E-state index < -0.39 is 41.1 Å². The van der Waals surface area contributed by atoms with Crippen molar-refractivity contribution in [2.24, 2.45) is 0 Å². The lowest BCUT2D eigenvalue weighted by atomic mass is 9.92. The molecule has 2 aromatic carbocycles. The number of hydrogen-bond acceptors (Lipinski definition) is 6. The Hall–Kier alpha value is -3.20. The van der Waals surface area contributed by atoms with Crippen LogP contribution in [0, 0.1) is 13.8 Å². The Morgan fingerprint density at radius 2 is 1.55 bits per heavy atom. The molecule has 9 heteroatoms. The number of rotatable bonds is 9. The molecule has 0 saturated carbocycles. The van der Waals surface area contributed by atoms with Crippen molar-refractivity contribution in [3.63, 3.8) is 0 Å². The van der Waals surface area contributed by atoms with Gasteiger partial charge in [-0.2, -0.15) is 12.6 Å². The lowest BCUT2D eigenvalue weighted by molar-refractivity contribution is -0.147. The van der Waals surface area contributed by atoms with Crippen molar-refractivity contribution in [1.82, 2.24) is 10.2 Å². The third-order valence-electron chi connectivity index (χ3n) is 6.37. The molecule has 2 rings (SSSR count). The van der Waals surface area contributed by atoms with Gasteiger partial charge in [0.25, 0.3) is 5.91 Å². The average Bonchev–Trinajstić information content (AvgIpc) is 2.82. The van der Waals surface area contributed by atoms with E-state index in [-0.39, 0.29) is 11.5 Å². The number of ether oxygens (including phenoxy) is 1. The number of para-hydroxylation sites is 1. The number of carbonyl (C=O) groups is 3. The van der Waals surface area contributed by atoms with E-state index in [0.29, 0.717) is 17.7 Å². The molecule has 208 valence electrons. The van der Waals surface area contributed by atoms with E-state index in [1.165, 1.54) is 17.0 Å². The molecular weight excluding hydrogens is 502 g/mol. The zero-order valence-corrected chi connectivity index (χ0v) is 24.5. The molecule has 2 aromatic rings. The van der Waals surface area contributed by atoms with Crippen LogP contribution in [0.15, 0.2) is 42.5 Å². The number of hydrogen-bond donors (Lipinski definition) is 4. The van der Waals surface area contributed by atoms with E-state index in [0.717, 1.165) is 11.1 Å². The zero-order chi connectivity index (χ0) is 28.8. The van der Waals surface area contributed by atoms with Crippen molar-refractivity contribution in [2.45, 2.75) is 85.0 Å². The van der Waals surface area contributed by atoms with Crippen LogP contribution in [0.3, 0.4) is 0 Å². The van der Waals surface area contributed by atoms with Gasteiger partial charge in [0.15, 0.2) is 0 Å². The third kappa shape index (κ3) is 7.90. The number of aromatic hydroxyl groups is 1. The number of benzene rings is 2. The minimum atomic E-state index is -1.07. The summed E-state index contributed by atoms with van der Waals surface area (Å²) < 4.78 is 5.36. The number of phenols is 1. The Bertz CT molecular complexity index is 1120. The maximum Gasteiger partial charge on any atom is 0.408 e. The molecular formula is C29H41N3O5S. The van der Waals surface area contributed by atoms with Gasteiger partial charge in [-0.15, -0.1) is 0 Å². The Morgan fingerprint density at radius 3 is 2.03 bits per heavy atom. The van der Waals surface area contributed by atoms with Crippen LogP contribution in [0.2, 0.25) is 0 Å². The monoisotopic (exact) mass is 543 g/mol. The number of thiol groups is 1. The summed E-state index contributed by atoms with van der Waals surface area (Å²) >= 11 is 4.34. The molecule has 0 aromatic heterocycles. The number of anilines is 1. The fraction of sp³-hybridized carbons (Fsp3) is 0.483. The molecule has 2 unspecified atom stereocenters. The predicted octanol–water partition coefficient (Wildman–Crippen LogP) is 5.53. The molecule has 3 N–H and O–H groups in total. The molecule has 0 aliphatic rings. The average molecular weight is 544 g/mol. The standard InChI is InChI=1S/C29H41N3O5S/c1-9-29(7,8)32(26(35)22(17-38)30-27(36)37-28(4,5)6)24(20-13-15-21(33)16-14-20)25(34)31-23-18(2)11-10-12-19(23)3/h10-16,22,24,33,38H,9,17H2,1-8H3,(H,30,36)(H,31,34). The van der Waals surface area contributed by atoms with E-state index in [9.17, 15) is 19.5 Å². The Kier molecular flexibility index (Phi) is 10.3. The molecule has 3 amide bonds. The number of phenolic OH excluding ortho intramolecular Hbond substituents is 1. The summed E-state index contributed by atoms with van der Waals surface area (Å²) in [6.45, 7) is 14.7. The number of amides is 3. The van der Waals surface area contributed by atoms with Crippen molar-refractivity contribution in [1.29, 1.82) is 0 Å². The lowest BCUT2D eigenvalue weighted by Gasteiger charge is -2.44. The van der Waals surface area contributed by atoms with Gasteiger partial charge in [-0.3, -0.25) is 9.59 Å². The fourth-order valence-electron chi connectivity index (χ4n) is 4.03. The van der Waals surface area contributed by atoms with Gasteiger partial charge in [-0.1, -0.05) is 37.3 Å². The van der Waals surface area contributed by atoms with Gasteiger partial charge in [-0.25, -0.2) is 4.79 Å². The highest BCUT2D eigenvalue weighted by atomic mass is 32.1. The van der Waals surface area contributed by atoms with Gasteiger partial charge in [0.05, 0.1) is 0 Å². The quantitative estimate of drug-likeness (QED) is 0.311. The van der Waals surface area contributed by atoms with Crippen LogP contribution in [0.25, 0.3) is 0 Å². The smallest absolute Gasteiger partial charge is 0.408 e. The van der Waals surface area contributed by atoms with Crippen LogP contribution in [-0.2, 0) is 14.3 Å². The number of alkyl carbamates (subject to hydrolysis) is 1. The van der Waals surface area contributed by atoms with Crippen LogP contribution >= 0.6 is 12.6 Å². The molecule has 0 aliphatic heterocycles. The van der Waals surface area contributed by atoms with Crippen molar-refractivity contribution in [3.8, 4) is 5.75 Å². The molecule has 8 nitrogen and oxygen atoms in total. The molecule has 0 heterocycles. The molecule has 38 heavy (non-hydrogen) atoms. The highest BCUT2D eigenvalue weighted by Gasteiger charge is 2.43. The lowest BCUT2D eigenvalue weighted by Crippen LogP contribution is -2.59. The topological polar surface area (TPSA) is 108 Å². The first-order chi connectivity index (χ1) is 17.6. The minimum Gasteiger partial charge on any atom is -0.508 e. The molecule has 0 saturated heterocycles. The predicted molar refractivity (Wildman–Crippen MR) is 154 cm³/mol. The number of nitrogens with one attached hydrogen (secondary N) is 2. The van der Waals surface area contributed by atoms with Crippen LogP contribution < -0.4 is 10.6 Å². The summed E-state index contributed by atoms with van der Waals surface area (Å²) in [5.74, 6) is -0.865. The number of nitrogens with zero attached hydrogens (tertiary/aromatic N) is 1. The van der Waals surface area contributed by atoms with Gasteiger partial charge < -0.3 is 25.4 Å². The Balaban J connectivity index is 2.61. The molecule has 0 radical (unpaired) electrons. The summed E-state index contributed by atoms with van der Waals surface area (Å²) in [6, 6.07) is 9.79. The maximum absolute atomic E-state index is 14.1.